The second-order valence-corrected chi connectivity index (χ2v) is 5.81. The summed E-state index contributed by atoms with van der Waals surface area (Å²) in [6, 6.07) is 15.3. The number of fused-ring (bicyclic) bond motifs is 1. The van der Waals surface area contributed by atoms with Crippen LogP contribution in [0.2, 0.25) is 0 Å². The lowest BCUT2D eigenvalue weighted by atomic mass is 10.0. The van der Waals surface area contributed by atoms with Crippen LogP contribution in [0.4, 0.5) is 5.69 Å². The molecule has 2 aromatic rings. The Balaban J connectivity index is 1.74. The molecule has 0 fully saturated rings. The molecule has 0 aliphatic carbocycles. The van der Waals surface area contributed by atoms with Gasteiger partial charge < -0.3 is 10.4 Å². The number of benzene rings is 2. The van der Waals surface area contributed by atoms with E-state index in [0.29, 0.717) is 0 Å². The van der Waals surface area contributed by atoms with Gasteiger partial charge in [-0.25, -0.2) is 0 Å². The minimum Gasteiger partial charge on any atom is -0.392 e. The molecular formula is C16H15NO2S. The molecule has 3 rings (SSSR count). The molecule has 1 atom stereocenters. The van der Waals surface area contributed by atoms with Crippen LogP contribution < -0.4 is 5.32 Å². The lowest BCUT2D eigenvalue weighted by Crippen LogP contribution is -2.20. The number of carbonyl (C=O) groups is 1. The van der Waals surface area contributed by atoms with E-state index in [1.165, 1.54) is 4.90 Å². The largest absolute Gasteiger partial charge is 0.392 e. The number of hydrogen-bond acceptors (Lipinski definition) is 3. The van der Waals surface area contributed by atoms with Crippen LogP contribution in [-0.2, 0) is 11.4 Å². The number of rotatable bonds is 3. The van der Waals surface area contributed by atoms with Crippen molar-refractivity contribution in [2.24, 2.45) is 0 Å². The average molecular weight is 285 g/mol. The van der Waals surface area contributed by atoms with Crippen LogP contribution in [0.5, 0.6) is 0 Å². The van der Waals surface area contributed by atoms with Crippen molar-refractivity contribution in [3.8, 4) is 0 Å². The SMILES string of the molecule is O=C(Nc1ccc(CO)cc1)C1CSc2ccccc21. The van der Waals surface area contributed by atoms with Gasteiger partial charge in [0.05, 0.1) is 12.5 Å². The Labute approximate surface area is 122 Å². The van der Waals surface area contributed by atoms with Crippen LogP contribution >= 0.6 is 11.8 Å². The number of anilines is 1. The van der Waals surface area contributed by atoms with E-state index < -0.39 is 0 Å². The van der Waals surface area contributed by atoms with Gasteiger partial charge in [-0.3, -0.25) is 4.79 Å². The molecule has 0 bridgehead atoms. The molecule has 4 heteroatoms. The van der Waals surface area contributed by atoms with E-state index >= 15 is 0 Å². The van der Waals surface area contributed by atoms with E-state index in [9.17, 15) is 4.79 Å². The Morgan fingerprint density at radius 2 is 1.95 bits per heavy atom. The van der Waals surface area contributed by atoms with Crippen molar-refractivity contribution in [2.75, 3.05) is 11.1 Å². The van der Waals surface area contributed by atoms with Gasteiger partial charge in [-0.1, -0.05) is 30.3 Å². The third-order valence-electron chi connectivity index (χ3n) is 3.42. The van der Waals surface area contributed by atoms with Crippen molar-refractivity contribution in [3.63, 3.8) is 0 Å². The quantitative estimate of drug-likeness (QED) is 0.911. The van der Waals surface area contributed by atoms with E-state index in [2.05, 4.69) is 11.4 Å². The first-order chi connectivity index (χ1) is 9.78. The molecule has 1 heterocycles. The number of nitrogens with one attached hydrogen (secondary N) is 1. The molecule has 0 radical (unpaired) electrons. The maximum Gasteiger partial charge on any atom is 0.232 e. The summed E-state index contributed by atoms with van der Waals surface area (Å²) in [5.41, 5.74) is 2.72. The van der Waals surface area contributed by atoms with Gasteiger partial charge in [-0.15, -0.1) is 11.8 Å². The molecule has 20 heavy (non-hydrogen) atoms. The number of thioether (sulfide) groups is 1. The van der Waals surface area contributed by atoms with Crippen LogP contribution in [0.1, 0.15) is 17.0 Å². The molecule has 2 N–H and O–H groups in total. The Morgan fingerprint density at radius 3 is 2.70 bits per heavy atom. The first kappa shape index (κ1) is 13.2. The highest BCUT2D eigenvalue weighted by molar-refractivity contribution is 7.99. The molecule has 0 saturated carbocycles. The van der Waals surface area contributed by atoms with Gasteiger partial charge in [0.25, 0.3) is 0 Å². The number of aliphatic hydroxyl groups is 1. The van der Waals surface area contributed by atoms with E-state index in [1.807, 2.05) is 42.5 Å². The average Bonchev–Trinajstić information content (AvgIpc) is 2.92. The minimum atomic E-state index is -0.0891. The highest BCUT2D eigenvalue weighted by atomic mass is 32.2. The molecule has 3 nitrogen and oxygen atoms in total. The predicted molar refractivity (Wildman–Crippen MR) is 80.9 cm³/mol. The van der Waals surface area contributed by atoms with Gasteiger partial charge in [-0.2, -0.15) is 0 Å². The lowest BCUT2D eigenvalue weighted by molar-refractivity contribution is -0.117. The van der Waals surface area contributed by atoms with Crippen LogP contribution in [-0.4, -0.2) is 16.8 Å². The van der Waals surface area contributed by atoms with Crippen LogP contribution in [0.3, 0.4) is 0 Å². The molecule has 1 unspecified atom stereocenters. The fourth-order valence-electron chi connectivity index (χ4n) is 2.30. The second-order valence-electron chi connectivity index (χ2n) is 4.75. The zero-order valence-electron chi connectivity index (χ0n) is 10.9. The zero-order valence-corrected chi connectivity index (χ0v) is 11.7. The van der Waals surface area contributed by atoms with E-state index in [-0.39, 0.29) is 18.4 Å². The monoisotopic (exact) mass is 285 g/mol. The Morgan fingerprint density at radius 1 is 1.20 bits per heavy atom. The fourth-order valence-corrected chi connectivity index (χ4v) is 3.53. The zero-order chi connectivity index (χ0) is 13.9. The van der Waals surface area contributed by atoms with Gasteiger partial charge in [0.15, 0.2) is 0 Å². The van der Waals surface area contributed by atoms with Crippen molar-refractivity contribution < 1.29 is 9.90 Å². The number of aliphatic hydroxyl groups excluding tert-OH is 1. The fraction of sp³-hybridized carbons (Fsp3) is 0.188. The standard InChI is InChI=1S/C16H15NO2S/c18-9-11-5-7-12(8-6-11)17-16(19)14-10-20-15-4-2-1-3-13(14)15/h1-8,14,18H,9-10H2,(H,17,19). The van der Waals surface area contributed by atoms with E-state index in [0.717, 1.165) is 22.6 Å². The Hall–Kier alpha value is -1.78. The molecule has 0 aromatic heterocycles. The Bertz CT molecular complexity index is 625. The molecular weight excluding hydrogens is 270 g/mol. The van der Waals surface area contributed by atoms with Crippen LogP contribution in [0.15, 0.2) is 53.4 Å². The molecule has 1 amide bonds. The summed E-state index contributed by atoms with van der Waals surface area (Å²) < 4.78 is 0. The summed E-state index contributed by atoms with van der Waals surface area (Å²) >= 11 is 1.73. The second kappa shape index (κ2) is 5.69. The summed E-state index contributed by atoms with van der Waals surface area (Å²) in [5.74, 6) is 0.729. The third-order valence-corrected chi connectivity index (χ3v) is 4.60. The summed E-state index contributed by atoms with van der Waals surface area (Å²) in [7, 11) is 0. The lowest BCUT2D eigenvalue weighted by Gasteiger charge is -2.12. The number of amides is 1. The van der Waals surface area contributed by atoms with Gasteiger partial charge in [0, 0.05) is 16.3 Å². The Kier molecular flexibility index (Phi) is 3.76. The topological polar surface area (TPSA) is 49.3 Å². The van der Waals surface area contributed by atoms with Gasteiger partial charge >= 0.3 is 0 Å². The van der Waals surface area contributed by atoms with Crippen molar-refractivity contribution in [1.29, 1.82) is 0 Å². The molecule has 1 aliphatic heterocycles. The van der Waals surface area contributed by atoms with Crippen molar-refractivity contribution in [1.82, 2.24) is 0 Å². The van der Waals surface area contributed by atoms with E-state index in [4.69, 9.17) is 5.11 Å². The summed E-state index contributed by atoms with van der Waals surface area (Å²) in [4.78, 5) is 13.6. The van der Waals surface area contributed by atoms with Crippen molar-refractivity contribution >= 4 is 23.4 Å². The smallest absolute Gasteiger partial charge is 0.232 e. The highest BCUT2D eigenvalue weighted by Crippen LogP contribution is 2.39. The number of hydrogen-bond donors (Lipinski definition) is 2. The predicted octanol–water partition coefficient (Wildman–Crippen LogP) is 3.01. The van der Waals surface area contributed by atoms with Crippen LogP contribution in [0.25, 0.3) is 0 Å². The molecule has 0 saturated heterocycles. The van der Waals surface area contributed by atoms with Crippen LogP contribution in [0, 0.1) is 0 Å². The first-order valence-corrected chi connectivity index (χ1v) is 7.49. The first-order valence-electron chi connectivity index (χ1n) is 6.50. The maximum absolute atomic E-state index is 12.4. The summed E-state index contributed by atoms with van der Waals surface area (Å²) in [6.07, 6.45) is 0. The highest BCUT2D eigenvalue weighted by Gasteiger charge is 2.28. The number of carbonyl (C=O) groups excluding carboxylic acids is 1. The van der Waals surface area contributed by atoms with E-state index in [1.54, 1.807) is 11.8 Å². The molecule has 0 spiro atoms. The minimum absolute atomic E-state index is 0.0147. The van der Waals surface area contributed by atoms with Gasteiger partial charge in [0.2, 0.25) is 5.91 Å². The summed E-state index contributed by atoms with van der Waals surface area (Å²) in [5, 5.41) is 11.9. The van der Waals surface area contributed by atoms with Crippen molar-refractivity contribution in [3.05, 3.63) is 59.7 Å². The normalized spacial score (nSPS) is 16.8. The molecule has 1 aliphatic rings. The maximum atomic E-state index is 12.4. The summed E-state index contributed by atoms with van der Waals surface area (Å²) in [6.45, 7) is 0.0147. The molecule has 102 valence electrons. The molecule has 2 aromatic carbocycles. The van der Waals surface area contributed by atoms with Gasteiger partial charge in [-0.05, 0) is 29.3 Å². The van der Waals surface area contributed by atoms with Gasteiger partial charge in [0.1, 0.15) is 0 Å². The van der Waals surface area contributed by atoms with Crippen molar-refractivity contribution in [2.45, 2.75) is 17.4 Å². The third kappa shape index (κ3) is 2.57.